The van der Waals surface area contributed by atoms with Crippen LogP contribution in [0, 0.1) is 5.92 Å². The van der Waals surface area contributed by atoms with Crippen molar-refractivity contribution in [3.05, 3.63) is 18.0 Å². The van der Waals surface area contributed by atoms with Gasteiger partial charge in [0, 0.05) is 12.5 Å². The molecule has 2 rings (SSSR count). The molecule has 1 unspecified atom stereocenters. The molecule has 7 nitrogen and oxygen atoms in total. The highest BCUT2D eigenvalue weighted by Gasteiger charge is 2.12. The lowest BCUT2D eigenvalue weighted by Gasteiger charge is -2.01. The van der Waals surface area contributed by atoms with Crippen LogP contribution in [0.3, 0.4) is 0 Å². The van der Waals surface area contributed by atoms with Crippen molar-refractivity contribution in [1.82, 2.24) is 20.3 Å². The van der Waals surface area contributed by atoms with Crippen LogP contribution in [0.1, 0.15) is 12.8 Å². The molecule has 0 amide bonds. The molecule has 0 aromatic carbocycles. The van der Waals surface area contributed by atoms with E-state index in [2.05, 4.69) is 20.3 Å². The van der Waals surface area contributed by atoms with Gasteiger partial charge in [-0.3, -0.25) is 0 Å². The summed E-state index contributed by atoms with van der Waals surface area (Å²) < 4.78 is 10.1. The number of methoxy groups -OCH3 is 1. The van der Waals surface area contributed by atoms with E-state index in [-0.39, 0.29) is 0 Å². The zero-order valence-electron chi connectivity index (χ0n) is 10.3. The van der Waals surface area contributed by atoms with Crippen molar-refractivity contribution in [1.29, 1.82) is 0 Å². The first-order valence-corrected chi connectivity index (χ1v) is 5.63. The first kappa shape index (κ1) is 12.4. The monoisotopic (exact) mass is 249 g/mol. The Balaban J connectivity index is 2.13. The van der Waals surface area contributed by atoms with E-state index in [9.17, 15) is 0 Å². The number of rotatable bonds is 5. The minimum atomic E-state index is 0.306. The first-order valence-electron chi connectivity index (χ1n) is 5.63. The molecule has 2 heterocycles. The van der Waals surface area contributed by atoms with Crippen molar-refractivity contribution in [2.24, 2.45) is 11.7 Å². The fourth-order valence-electron chi connectivity index (χ4n) is 1.37. The second-order valence-corrected chi connectivity index (χ2v) is 4.02. The minimum absolute atomic E-state index is 0.306. The van der Waals surface area contributed by atoms with E-state index in [1.165, 1.54) is 7.11 Å². The van der Waals surface area contributed by atoms with Gasteiger partial charge in [-0.2, -0.15) is 4.98 Å². The third-order valence-corrected chi connectivity index (χ3v) is 2.47. The molecule has 0 aliphatic heterocycles. The summed E-state index contributed by atoms with van der Waals surface area (Å²) in [6.07, 6.45) is 0.660. The molecule has 7 heteroatoms. The molecule has 0 bridgehead atoms. The molecule has 0 fully saturated rings. The fourth-order valence-corrected chi connectivity index (χ4v) is 1.37. The Morgan fingerprint density at radius 2 is 2.22 bits per heavy atom. The van der Waals surface area contributed by atoms with Crippen molar-refractivity contribution in [2.75, 3.05) is 13.7 Å². The van der Waals surface area contributed by atoms with Crippen LogP contribution in [0.5, 0.6) is 5.88 Å². The third kappa shape index (κ3) is 2.80. The molecule has 0 spiro atoms. The van der Waals surface area contributed by atoms with E-state index in [0.717, 1.165) is 0 Å². The van der Waals surface area contributed by atoms with Gasteiger partial charge in [-0.15, -0.1) is 10.2 Å². The highest BCUT2D eigenvalue weighted by atomic mass is 16.5. The highest BCUT2D eigenvalue weighted by molar-refractivity contribution is 5.47. The van der Waals surface area contributed by atoms with Gasteiger partial charge in [0.1, 0.15) is 5.69 Å². The van der Waals surface area contributed by atoms with Crippen molar-refractivity contribution < 1.29 is 9.26 Å². The summed E-state index contributed by atoms with van der Waals surface area (Å²) in [5.74, 6) is 1.73. The van der Waals surface area contributed by atoms with Gasteiger partial charge in [-0.25, -0.2) is 0 Å². The maximum atomic E-state index is 5.54. The van der Waals surface area contributed by atoms with Gasteiger partial charge in [0.2, 0.25) is 17.6 Å². The summed E-state index contributed by atoms with van der Waals surface area (Å²) in [7, 11) is 1.53. The first-order chi connectivity index (χ1) is 8.72. The van der Waals surface area contributed by atoms with Gasteiger partial charge >= 0.3 is 0 Å². The fraction of sp³-hybridized carbons (Fsp3) is 0.455. The van der Waals surface area contributed by atoms with Crippen LogP contribution in [-0.2, 0) is 6.42 Å². The van der Waals surface area contributed by atoms with E-state index in [1.807, 2.05) is 6.92 Å². The molecule has 0 radical (unpaired) electrons. The Kier molecular flexibility index (Phi) is 3.83. The van der Waals surface area contributed by atoms with Gasteiger partial charge in [-0.05, 0) is 18.5 Å². The summed E-state index contributed by atoms with van der Waals surface area (Å²) in [6, 6.07) is 3.42. The number of nitrogens with two attached hydrogens (primary N) is 1. The summed E-state index contributed by atoms with van der Waals surface area (Å²) in [5.41, 5.74) is 6.09. The van der Waals surface area contributed by atoms with Gasteiger partial charge in [0.05, 0.1) is 7.11 Å². The average Bonchev–Trinajstić information content (AvgIpc) is 2.87. The summed E-state index contributed by atoms with van der Waals surface area (Å²) >= 11 is 0. The molecule has 2 N–H and O–H groups in total. The normalized spacial score (nSPS) is 12.4. The Bertz CT molecular complexity index is 496. The van der Waals surface area contributed by atoms with Crippen LogP contribution < -0.4 is 10.5 Å². The van der Waals surface area contributed by atoms with Crippen LogP contribution in [0.15, 0.2) is 16.7 Å². The molecule has 2 aromatic rings. The largest absolute Gasteiger partial charge is 0.480 e. The lowest BCUT2D eigenvalue weighted by Crippen LogP contribution is -2.13. The third-order valence-electron chi connectivity index (χ3n) is 2.47. The van der Waals surface area contributed by atoms with Crippen molar-refractivity contribution in [3.8, 4) is 17.4 Å². The highest BCUT2D eigenvalue weighted by Crippen LogP contribution is 2.15. The molecule has 0 aliphatic rings. The van der Waals surface area contributed by atoms with Crippen molar-refractivity contribution in [2.45, 2.75) is 13.3 Å². The van der Waals surface area contributed by atoms with E-state index in [1.54, 1.807) is 12.1 Å². The summed E-state index contributed by atoms with van der Waals surface area (Å²) in [4.78, 5) is 4.25. The number of nitrogens with zero attached hydrogens (tertiary/aromatic N) is 4. The lowest BCUT2D eigenvalue weighted by molar-refractivity contribution is 0.359. The Labute approximate surface area is 104 Å². The van der Waals surface area contributed by atoms with E-state index in [4.69, 9.17) is 15.0 Å². The molecular weight excluding hydrogens is 234 g/mol. The van der Waals surface area contributed by atoms with Gasteiger partial charge < -0.3 is 15.0 Å². The second kappa shape index (κ2) is 5.54. The maximum Gasteiger partial charge on any atom is 0.233 e. The second-order valence-electron chi connectivity index (χ2n) is 4.02. The topological polar surface area (TPSA) is 100.0 Å². The van der Waals surface area contributed by atoms with Crippen LogP contribution in [0.2, 0.25) is 0 Å². The van der Waals surface area contributed by atoms with E-state index < -0.39 is 0 Å². The Morgan fingerprint density at radius 3 is 2.83 bits per heavy atom. The average molecular weight is 249 g/mol. The predicted octanol–water partition coefficient (Wildman–Crippen LogP) is 0.672. The molecule has 1 atom stereocenters. The van der Waals surface area contributed by atoms with Crippen molar-refractivity contribution in [3.63, 3.8) is 0 Å². The van der Waals surface area contributed by atoms with Crippen LogP contribution in [0.25, 0.3) is 11.5 Å². The zero-order chi connectivity index (χ0) is 13.0. The molecular formula is C11H15N5O2. The SMILES string of the molecule is COc1ccc(-c2noc(CC(C)CN)n2)nn1. The molecule has 0 saturated heterocycles. The standard InChI is InChI=1S/C11H15N5O2/c1-7(6-12)5-10-13-11(16-18-10)8-3-4-9(17-2)15-14-8/h3-4,7H,5-6,12H2,1-2H3. The lowest BCUT2D eigenvalue weighted by atomic mass is 10.1. The van der Waals surface area contributed by atoms with E-state index in [0.29, 0.717) is 42.2 Å². The molecule has 0 aliphatic carbocycles. The van der Waals surface area contributed by atoms with Crippen LogP contribution in [-0.4, -0.2) is 34.0 Å². The van der Waals surface area contributed by atoms with Crippen LogP contribution >= 0.6 is 0 Å². The van der Waals surface area contributed by atoms with Crippen molar-refractivity contribution >= 4 is 0 Å². The van der Waals surface area contributed by atoms with Gasteiger partial charge in [-0.1, -0.05) is 12.1 Å². The van der Waals surface area contributed by atoms with E-state index >= 15 is 0 Å². The molecule has 0 saturated carbocycles. The van der Waals surface area contributed by atoms with Gasteiger partial charge in [0.25, 0.3) is 0 Å². The number of hydrogen-bond acceptors (Lipinski definition) is 7. The Hall–Kier alpha value is -2.02. The smallest absolute Gasteiger partial charge is 0.233 e. The summed E-state index contributed by atoms with van der Waals surface area (Å²) in [5, 5.41) is 11.7. The minimum Gasteiger partial charge on any atom is -0.480 e. The van der Waals surface area contributed by atoms with Gasteiger partial charge in [0.15, 0.2) is 0 Å². The Morgan fingerprint density at radius 1 is 1.39 bits per heavy atom. The molecule has 96 valence electrons. The molecule has 18 heavy (non-hydrogen) atoms. The van der Waals surface area contributed by atoms with Crippen LogP contribution in [0.4, 0.5) is 0 Å². The zero-order valence-corrected chi connectivity index (χ0v) is 10.3. The number of aromatic nitrogens is 4. The predicted molar refractivity (Wildman–Crippen MR) is 63.8 cm³/mol. The quantitative estimate of drug-likeness (QED) is 0.831. The number of hydrogen-bond donors (Lipinski definition) is 1. The number of ether oxygens (including phenoxy) is 1. The molecule has 2 aromatic heterocycles. The summed E-state index contributed by atoms with van der Waals surface area (Å²) in [6.45, 7) is 2.61. The maximum absolute atomic E-state index is 5.54.